The molecule has 162 valence electrons. The second-order valence-electron chi connectivity index (χ2n) is 8.00. The molecule has 0 saturated heterocycles. The quantitative estimate of drug-likeness (QED) is 0.319. The topological polar surface area (TPSA) is 65.3 Å². The highest BCUT2D eigenvalue weighted by Gasteiger charge is 2.17. The van der Waals surface area contributed by atoms with Crippen molar-refractivity contribution in [1.82, 2.24) is 0 Å². The average Bonchev–Trinajstić information content (AvgIpc) is 2.66. The van der Waals surface area contributed by atoms with E-state index in [1.54, 1.807) is 4.57 Å². The van der Waals surface area contributed by atoms with Gasteiger partial charge in [0, 0.05) is 36.4 Å². The van der Waals surface area contributed by atoms with E-state index in [2.05, 4.69) is 61.7 Å². The zero-order chi connectivity index (χ0) is 20.4. The van der Waals surface area contributed by atoms with Crippen LogP contribution in [0, 0.1) is 0 Å². The third kappa shape index (κ3) is 7.19. The average molecular weight is 469 g/mol. The molecule has 2 N–H and O–H groups in total. The first-order chi connectivity index (χ1) is 13.1. The summed E-state index contributed by atoms with van der Waals surface area (Å²) < 4.78 is 14.9. The van der Waals surface area contributed by atoms with Crippen LogP contribution in [0.3, 0.4) is 0 Å². The Hall–Kier alpha value is -1.75. The van der Waals surface area contributed by atoms with Crippen LogP contribution in [0.15, 0.2) is 73.3 Å². The zero-order valence-electron chi connectivity index (χ0n) is 17.2. The molecule has 0 aliphatic rings. The number of aromatic nitrogens is 2. The molecule has 0 radical (unpaired) electrons. The molecule has 0 fully saturated rings. The molecule has 0 saturated carbocycles. The summed E-state index contributed by atoms with van der Waals surface area (Å²) in [5.74, 6) is 0. The minimum atomic E-state index is -3.97. The summed E-state index contributed by atoms with van der Waals surface area (Å²) >= 11 is 0. The summed E-state index contributed by atoms with van der Waals surface area (Å²) in [6, 6.07) is 16.6. The van der Waals surface area contributed by atoms with Gasteiger partial charge in [0.15, 0.2) is 31.3 Å². The molecule has 5 nitrogen and oxygen atoms in total. The van der Waals surface area contributed by atoms with E-state index in [0.717, 1.165) is 16.8 Å². The fraction of sp³-hybridized carbons (Fsp3) is 0.273. The summed E-state index contributed by atoms with van der Waals surface area (Å²) in [5, 5.41) is 0. The van der Waals surface area contributed by atoms with E-state index in [9.17, 15) is 4.57 Å². The maximum absolute atomic E-state index is 11.0. The second kappa shape index (κ2) is 10.5. The van der Waals surface area contributed by atoms with E-state index in [1.807, 2.05) is 36.9 Å². The number of aryl methyl sites for hydroxylation is 1. The summed E-state index contributed by atoms with van der Waals surface area (Å²) in [4.78, 5) is 18.0. The Balaban J connectivity index is 0.00000225. The number of benzene rings is 1. The summed E-state index contributed by atoms with van der Waals surface area (Å²) in [6.07, 6.45) is 7.61. The summed E-state index contributed by atoms with van der Waals surface area (Å²) in [6.45, 7) is 6.92. The molecule has 1 aromatic carbocycles. The van der Waals surface area contributed by atoms with E-state index in [-0.39, 0.29) is 36.4 Å². The molecule has 3 aromatic rings. The molecule has 8 heteroatoms. The van der Waals surface area contributed by atoms with Crippen molar-refractivity contribution in [3.05, 3.63) is 78.9 Å². The first-order valence-electron chi connectivity index (χ1n) is 9.28. The van der Waals surface area contributed by atoms with Gasteiger partial charge in [0.2, 0.25) is 5.69 Å². The minimum absolute atomic E-state index is 0. The lowest BCUT2D eigenvalue weighted by Gasteiger charge is -2.18. The third-order valence-electron chi connectivity index (χ3n) is 4.73. The van der Waals surface area contributed by atoms with Crippen molar-refractivity contribution in [2.75, 3.05) is 6.16 Å². The second-order valence-corrected chi connectivity index (χ2v) is 9.78. The number of hydrogen-bond acceptors (Lipinski definition) is 1. The van der Waals surface area contributed by atoms with Gasteiger partial charge in [-0.3, -0.25) is 4.57 Å². The van der Waals surface area contributed by atoms with Crippen LogP contribution in [0.4, 0.5) is 0 Å². The highest BCUT2D eigenvalue weighted by atomic mass is 35.5. The van der Waals surface area contributed by atoms with Gasteiger partial charge in [0.05, 0.1) is 0 Å². The monoisotopic (exact) mass is 468 g/mol. The van der Waals surface area contributed by atoms with Crippen LogP contribution in [0.2, 0.25) is 0 Å². The predicted molar refractivity (Wildman–Crippen MR) is 109 cm³/mol. The Morgan fingerprint density at radius 1 is 0.800 bits per heavy atom. The largest absolute Gasteiger partial charge is 1.00 e. The van der Waals surface area contributed by atoms with Gasteiger partial charge in [-0.15, -0.1) is 0 Å². The van der Waals surface area contributed by atoms with Gasteiger partial charge in [-0.2, -0.15) is 4.57 Å². The summed E-state index contributed by atoms with van der Waals surface area (Å²) in [7, 11) is -3.97. The van der Waals surface area contributed by atoms with Gasteiger partial charge in [0.1, 0.15) is 6.16 Å². The highest BCUT2D eigenvalue weighted by Crippen LogP contribution is 2.33. The van der Waals surface area contributed by atoms with Crippen molar-refractivity contribution >= 4 is 7.60 Å². The lowest BCUT2D eigenvalue weighted by molar-refractivity contribution is -0.692. The molecule has 0 aliphatic heterocycles. The number of pyridine rings is 2. The summed E-state index contributed by atoms with van der Waals surface area (Å²) in [5.41, 5.74) is 4.71. The van der Waals surface area contributed by atoms with E-state index in [1.165, 1.54) is 5.56 Å². The molecule has 0 bridgehead atoms. The molecular weight excluding hydrogens is 442 g/mol. The predicted octanol–water partition coefficient (Wildman–Crippen LogP) is -2.60. The normalized spacial score (nSPS) is 11.4. The molecule has 0 amide bonds. The number of halogens is 2. The number of nitrogens with zero attached hydrogens (tertiary/aromatic N) is 2. The van der Waals surface area contributed by atoms with Crippen molar-refractivity contribution in [3.63, 3.8) is 0 Å². The van der Waals surface area contributed by atoms with Crippen molar-refractivity contribution < 1.29 is 48.3 Å². The highest BCUT2D eigenvalue weighted by molar-refractivity contribution is 7.51. The van der Waals surface area contributed by atoms with Crippen molar-refractivity contribution in [1.29, 1.82) is 0 Å². The van der Waals surface area contributed by atoms with Crippen LogP contribution < -0.4 is 33.9 Å². The van der Waals surface area contributed by atoms with Crippen LogP contribution in [0.5, 0.6) is 0 Å². The zero-order valence-corrected chi connectivity index (χ0v) is 19.6. The smallest absolute Gasteiger partial charge is 0.331 e. The molecule has 0 atom stereocenters. The molecule has 30 heavy (non-hydrogen) atoms. The first-order valence-corrected chi connectivity index (χ1v) is 11.1. The van der Waals surface area contributed by atoms with Gasteiger partial charge in [-0.1, -0.05) is 32.9 Å². The lowest BCUT2D eigenvalue weighted by atomic mass is 9.87. The first kappa shape index (κ1) is 26.3. The fourth-order valence-electron chi connectivity index (χ4n) is 2.97. The Labute approximate surface area is 190 Å². The standard InChI is InChI=1S/C22H25N2O3P.2ClH/c1-22(2,3)20-4-6-21(7-5-20)24-14-10-19(11-15-24)18-8-12-23(13-9-18)16-17-28(25,26)27;;/h4-15H,16-17H2,1-3H3;2*1H. The Bertz CT molecular complexity index is 981. The minimum Gasteiger partial charge on any atom is -1.00 e. The van der Waals surface area contributed by atoms with Gasteiger partial charge in [0.25, 0.3) is 0 Å². The van der Waals surface area contributed by atoms with E-state index < -0.39 is 7.60 Å². The Kier molecular flexibility index (Phi) is 9.22. The molecule has 2 heterocycles. The van der Waals surface area contributed by atoms with E-state index >= 15 is 0 Å². The van der Waals surface area contributed by atoms with Crippen LogP contribution in [-0.2, 0) is 16.5 Å². The molecule has 0 spiro atoms. The van der Waals surface area contributed by atoms with Gasteiger partial charge < -0.3 is 34.6 Å². The van der Waals surface area contributed by atoms with Gasteiger partial charge >= 0.3 is 7.60 Å². The van der Waals surface area contributed by atoms with Crippen molar-refractivity contribution in [2.24, 2.45) is 0 Å². The Morgan fingerprint density at radius 2 is 1.27 bits per heavy atom. The van der Waals surface area contributed by atoms with Crippen LogP contribution >= 0.6 is 7.60 Å². The SMILES string of the molecule is CC(C)(C)c1ccc(-[n+]2ccc(-c3cc[n+](CCP(=O)(O)O)cc3)cc2)cc1.[Cl-].[Cl-]. The molecule has 3 rings (SSSR count). The lowest BCUT2D eigenvalue weighted by Crippen LogP contribution is -3.00. The maximum Gasteiger partial charge on any atom is 0.331 e. The van der Waals surface area contributed by atoms with Crippen LogP contribution in [0.1, 0.15) is 26.3 Å². The van der Waals surface area contributed by atoms with Crippen molar-refractivity contribution in [3.8, 4) is 16.8 Å². The third-order valence-corrected chi connectivity index (χ3v) is 5.52. The molecular formula is C22H27Cl2N2O3P. The van der Waals surface area contributed by atoms with Crippen molar-refractivity contribution in [2.45, 2.75) is 32.7 Å². The van der Waals surface area contributed by atoms with Gasteiger partial charge in [-0.25, -0.2) is 4.57 Å². The van der Waals surface area contributed by atoms with Crippen LogP contribution in [-0.4, -0.2) is 15.9 Å². The van der Waals surface area contributed by atoms with Gasteiger partial charge in [-0.05, 0) is 22.1 Å². The Morgan fingerprint density at radius 3 is 1.70 bits per heavy atom. The molecule has 2 aromatic heterocycles. The van der Waals surface area contributed by atoms with Crippen LogP contribution in [0.25, 0.3) is 16.8 Å². The molecule has 0 unspecified atom stereocenters. The number of hydrogen-bond donors (Lipinski definition) is 2. The number of rotatable bonds is 5. The maximum atomic E-state index is 11.0. The fourth-order valence-corrected chi connectivity index (χ4v) is 3.46. The molecule has 0 aliphatic carbocycles. The van der Waals surface area contributed by atoms with E-state index in [0.29, 0.717) is 6.54 Å². The van der Waals surface area contributed by atoms with E-state index in [4.69, 9.17) is 9.79 Å².